The van der Waals surface area contributed by atoms with Gasteiger partial charge in [0.25, 0.3) is 5.91 Å². The van der Waals surface area contributed by atoms with E-state index in [0.29, 0.717) is 6.54 Å². The van der Waals surface area contributed by atoms with E-state index in [-0.39, 0.29) is 30.6 Å². The first kappa shape index (κ1) is 28.2. The number of amides is 2. The van der Waals surface area contributed by atoms with Crippen LogP contribution >= 0.6 is 0 Å². The summed E-state index contributed by atoms with van der Waals surface area (Å²) in [5.74, 6) is -9.75. The molecule has 0 saturated heterocycles. The number of nitrogens with zero attached hydrogens (tertiary/aromatic N) is 2. The average Bonchev–Trinajstić information content (AvgIpc) is 2.83. The van der Waals surface area contributed by atoms with Gasteiger partial charge in [0.2, 0.25) is 11.7 Å². The molecule has 0 unspecified atom stereocenters. The molecule has 1 aromatic carbocycles. The summed E-state index contributed by atoms with van der Waals surface area (Å²) in [5, 5.41) is 47.0. The first-order valence-electron chi connectivity index (χ1n) is 12.3. The predicted molar refractivity (Wildman–Crippen MR) is 136 cm³/mol. The van der Waals surface area contributed by atoms with Gasteiger partial charge in [-0.05, 0) is 46.4 Å². The number of likely N-dealkylation sites (N-methyl/N-ethyl adjacent to an activating group) is 2. The second kappa shape index (κ2) is 9.74. The molecule has 12 nitrogen and oxygen atoms in total. The van der Waals surface area contributed by atoms with Gasteiger partial charge in [-0.2, -0.15) is 0 Å². The van der Waals surface area contributed by atoms with E-state index in [1.54, 1.807) is 11.9 Å². The number of rotatable bonds is 6. The SMILES string of the molecule is CCN(C)CC(=O)Nc1cc(F)c2c(c1O)C(O)=C1C(=O)[C@]3(O)C(O)=C(C(N)=O)C(=O)[C@@H](N(C)C)[C@@H]3C[C@@H]1C2. The highest BCUT2D eigenvalue weighted by atomic mass is 19.1. The number of benzene rings is 1. The zero-order valence-electron chi connectivity index (χ0n) is 21.9. The van der Waals surface area contributed by atoms with Crippen molar-refractivity contribution in [2.24, 2.45) is 17.6 Å². The van der Waals surface area contributed by atoms with Crippen LogP contribution in [0.15, 0.2) is 23.0 Å². The number of ketones is 2. The Bertz CT molecular complexity index is 1370. The summed E-state index contributed by atoms with van der Waals surface area (Å²) in [6.07, 6.45) is -0.353. The summed E-state index contributed by atoms with van der Waals surface area (Å²) in [7, 11) is 4.65. The molecular formula is C26H31FN4O8. The Morgan fingerprint density at radius 2 is 1.85 bits per heavy atom. The third-order valence-electron chi connectivity index (χ3n) is 7.89. The van der Waals surface area contributed by atoms with Crippen LogP contribution in [0, 0.1) is 17.7 Å². The molecule has 3 aliphatic rings. The normalized spacial score (nSPS) is 26.5. The monoisotopic (exact) mass is 546 g/mol. The van der Waals surface area contributed by atoms with Gasteiger partial charge >= 0.3 is 0 Å². The van der Waals surface area contributed by atoms with E-state index >= 15 is 4.39 Å². The number of aliphatic hydroxyl groups excluding tert-OH is 2. The molecule has 2 amide bonds. The van der Waals surface area contributed by atoms with Crippen molar-refractivity contribution >= 4 is 34.8 Å². The topological polar surface area (TPSA) is 194 Å². The Morgan fingerprint density at radius 1 is 1.21 bits per heavy atom. The van der Waals surface area contributed by atoms with Crippen LogP contribution in [0.5, 0.6) is 5.75 Å². The molecule has 1 aromatic rings. The number of hydrogen-bond acceptors (Lipinski definition) is 10. The van der Waals surface area contributed by atoms with Crippen molar-refractivity contribution in [3.05, 3.63) is 39.9 Å². The lowest BCUT2D eigenvalue weighted by atomic mass is 9.57. The van der Waals surface area contributed by atoms with Crippen LogP contribution in [0.1, 0.15) is 24.5 Å². The van der Waals surface area contributed by atoms with Crippen molar-refractivity contribution < 1.29 is 44.0 Å². The van der Waals surface area contributed by atoms with E-state index in [4.69, 9.17) is 5.73 Å². The highest BCUT2D eigenvalue weighted by Gasteiger charge is 2.64. The molecular weight excluding hydrogens is 515 g/mol. The predicted octanol–water partition coefficient (Wildman–Crippen LogP) is -0.00670. The minimum atomic E-state index is -2.80. The van der Waals surface area contributed by atoms with Gasteiger partial charge in [-0.25, -0.2) is 4.39 Å². The molecule has 210 valence electrons. The first-order valence-corrected chi connectivity index (χ1v) is 12.3. The average molecular weight is 547 g/mol. The molecule has 0 radical (unpaired) electrons. The summed E-state index contributed by atoms with van der Waals surface area (Å²) in [6, 6.07) is -0.322. The number of aliphatic hydroxyl groups is 3. The van der Waals surface area contributed by atoms with E-state index in [9.17, 15) is 39.6 Å². The van der Waals surface area contributed by atoms with Gasteiger partial charge in [-0.1, -0.05) is 6.92 Å². The molecule has 3 aliphatic carbocycles. The number of primary amides is 1. The standard InChI is InChI=1S/C26H31FN4O8/c1-5-31(4)9-15(32)29-14-8-13(27)11-6-10-7-12-19(30(2)3)22(35)18(25(28)38)24(37)26(12,39)23(36)16(10)21(34)17(11)20(14)33/h8,10,12,19,33-34,37,39H,5-7,9H2,1-4H3,(H2,28,38)(H,29,32)/t10-,12-,19-,26-/m0/s1. The smallest absolute Gasteiger partial charge is 0.255 e. The van der Waals surface area contributed by atoms with Gasteiger partial charge in [-0.3, -0.25) is 29.0 Å². The number of aromatic hydroxyl groups is 1. The van der Waals surface area contributed by atoms with Gasteiger partial charge in [0.15, 0.2) is 17.1 Å². The molecule has 1 fully saturated rings. The Labute approximate surface area is 223 Å². The van der Waals surface area contributed by atoms with Crippen molar-refractivity contribution in [2.75, 3.05) is 39.5 Å². The fourth-order valence-electron chi connectivity index (χ4n) is 5.91. The molecule has 7 N–H and O–H groups in total. The molecule has 0 aliphatic heterocycles. The van der Waals surface area contributed by atoms with Crippen LogP contribution in [0.25, 0.3) is 5.76 Å². The number of anilines is 1. The summed E-state index contributed by atoms with van der Waals surface area (Å²) in [5.41, 5.74) is 0.272. The zero-order valence-corrected chi connectivity index (χ0v) is 21.9. The third kappa shape index (κ3) is 4.17. The highest BCUT2D eigenvalue weighted by molar-refractivity contribution is 6.24. The first-order chi connectivity index (χ1) is 18.2. The number of Topliss-reactive ketones (excluding diaryl/α,β-unsaturated/α-hetero) is 2. The minimum absolute atomic E-state index is 0.0593. The summed E-state index contributed by atoms with van der Waals surface area (Å²) >= 11 is 0. The molecule has 4 atom stereocenters. The highest BCUT2D eigenvalue weighted by Crippen LogP contribution is 2.53. The lowest BCUT2D eigenvalue weighted by Gasteiger charge is -2.50. The maximum absolute atomic E-state index is 15.3. The molecule has 1 saturated carbocycles. The largest absolute Gasteiger partial charge is 0.508 e. The van der Waals surface area contributed by atoms with Crippen LogP contribution in [0.3, 0.4) is 0 Å². The molecule has 0 heterocycles. The van der Waals surface area contributed by atoms with Crippen LogP contribution in [-0.2, 0) is 25.6 Å². The number of halogens is 1. The van der Waals surface area contributed by atoms with Crippen LogP contribution in [0.4, 0.5) is 10.1 Å². The number of nitrogens with two attached hydrogens (primary N) is 1. The Kier molecular flexibility index (Phi) is 7.04. The quantitative estimate of drug-likeness (QED) is 0.209. The molecule has 0 aromatic heterocycles. The van der Waals surface area contributed by atoms with E-state index in [1.807, 2.05) is 6.92 Å². The van der Waals surface area contributed by atoms with Crippen molar-refractivity contribution in [3.8, 4) is 5.75 Å². The lowest BCUT2D eigenvalue weighted by Crippen LogP contribution is -2.65. The van der Waals surface area contributed by atoms with Crippen molar-refractivity contribution in [2.45, 2.75) is 31.4 Å². The summed E-state index contributed by atoms with van der Waals surface area (Å²) in [6.45, 7) is 2.32. The lowest BCUT2D eigenvalue weighted by molar-refractivity contribution is -0.153. The maximum Gasteiger partial charge on any atom is 0.255 e. The second-order valence-corrected chi connectivity index (χ2v) is 10.4. The maximum atomic E-state index is 15.3. The van der Waals surface area contributed by atoms with E-state index < -0.39 is 86.7 Å². The van der Waals surface area contributed by atoms with Crippen molar-refractivity contribution in [1.29, 1.82) is 0 Å². The van der Waals surface area contributed by atoms with Gasteiger partial charge in [0.05, 0.1) is 23.8 Å². The second-order valence-electron chi connectivity index (χ2n) is 10.4. The van der Waals surface area contributed by atoms with Gasteiger partial charge in [0, 0.05) is 23.1 Å². The van der Waals surface area contributed by atoms with E-state index in [0.717, 1.165) is 6.07 Å². The number of phenols is 1. The number of phenolic OH excluding ortho intramolecular Hbond substituents is 1. The van der Waals surface area contributed by atoms with Crippen molar-refractivity contribution in [3.63, 3.8) is 0 Å². The van der Waals surface area contributed by atoms with Crippen LogP contribution in [-0.4, -0.2) is 99.5 Å². The van der Waals surface area contributed by atoms with Crippen LogP contribution < -0.4 is 11.1 Å². The van der Waals surface area contributed by atoms with Gasteiger partial charge < -0.3 is 31.5 Å². The third-order valence-corrected chi connectivity index (χ3v) is 7.89. The number of nitrogens with one attached hydrogen (secondary N) is 1. The van der Waals surface area contributed by atoms with E-state index in [1.165, 1.54) is 19.0 Å². The number of fused-ring (bicyclic) bond motifs is 3. The fraction of sp³-hybridized carbons (Fsp3) is 0.462. The van der Waals surface area contributed by atoms with Crippen LogP contribution in [0.2, 0.25) is 0 Å². The van der Waals surface area contributed by atoms with E-state index in [2.05, 4.69) is 5.32 Å². The Morgan fingerprint density at radius 3 is 2.41 bits per heavy atom. The molecule has 39 heavy (non-hydrogen) atoms. The summed E-state index contributed by atoms with van der Waals surface area (Å²) in [4.78, 5) is 54.3. The number of hydrogen-bond donors (Lipinski definition) is 6. The summed E-state index contributed by atoms with van der Waals surface area (Å²) < 4.78 is 15.3. The fourth-order valence-corrected chi connectivity index (χ4v) is 5.91. The number of carbonyl (C=O) groups excluding carboxylic acids is 4. The zero-order chi connectivity index (χ0) is 29.1. The molecule has 4 rings (SSSR count). The van der Waals surface area contributed by atoms with Crippen molar-refractivity contribution in [1.82, 2.24) is 9.80 Å². The van der Waals surface area contributed by atoms with Gasteiger partial charge in [0.1, 0.15) is 22.9 Å². The number of carbonyl (C=O) groups is 4. The van der Waals surface area contributed by atoms with Gasteiger partial charge in [-0.15, -0.1) is 0 Å². The minimum Gasteiger partial charge on any atom is -0.508 e. The Balaban J connectivity index is 1.87. The molecule has 0 spiro atoms. The Hall–Kier alpha value is -3.81. The molecule has 13 heteroatoms. The molecule has 0 bridgehead atoms.